The van der Waals surface area contributed by atoms with E-state index in [1.54, 1.807) is 0 Å². The van der Waals surface area contributed by atoms with Crippen molar-refractivity contribution in [1.82, 2.24) is 0 Å². The molecule has 0 saturated heterocycles. The number of alkyl halides is 3. The Bertz CT molecular complexity index is 946. The van der Waals surface area contributed by atoms with Crippen molar-refractivity contribution < 1.29 is 31.1 Å². The maximum atomic E-state index is 14.9. The second-order valence-corrected chi connectivity index (χ2v) is 9.68. The third kappa shape index (κ3) is 5.67. The van der Waals surface area contributed by atoms with Gasteiger partial charge in [0.15, 0.2) is 11.6 Å². The van der Waals surface area contributed by atoms with Crippen LogP contribution in [0.5, 0.6) is 5.75 Å². The molecule has 2 saturated carbocycles. The Labute approximate surface area is 190 Å². The summed E-state index contributed by atoms with van der Waals surface area (Å²) in [6, 6.07) is 4.95. The highest BCUT2D eigenvalue weighted by atomic mass is 19.4. The van der Waals surface area contributed by atoms with Gasteiger partial charge in [-0.3, -0.25) is 0 Å². The van der Waals surface area contributed by atoms with Crippen LogP contribution in [0.25, 0.3) is 11.1 Å². The van der Waals surface area contributed by atoms with E-state index in [1.165, 1.54) is 37.8 Å². The van der Waals surface area contributed by atoms with Crippen LogP contribution in [0, 0.1) is 35.2 Å². The molecule has 0 N–H and O–H groups in total. The number of benzene rings is 2. The zero-order chi connectivity index (χ0) is 23.8. The third-order valence-corrected chi connectivity index (χ3v) is 7.48. The van der Waals surface area contributed by atoms with Crippen LogP contribution in [0.3, 0.4) is 0 Å². The summed E-state index contributed by atoms with van der Waals surface area (Å²) in [6.45, 7) is 2.30. The molecule has 0 radical (unpaired) electrons. The monoisotopic (exact) mass is 470 g/mol. The molecule has 2 aliphatic rings. The lowest BCUT2D eigenvalue weighted by molar-refractivity contribution is -0.275. The first-order valence-corrected chi connectivity index (χ1v) is 11.7. The molecular weight excluding hydrogens is 442 g/mol. The van der Waals surface area contributed by atoms with Gasteiger partial charge in [-0.05, 0) is 97.6 Å². The van der Waals surface area contributed by atoms with Gasteiger partial charge in [-0.25, -0.2) is 13.2 Å². The summed E-state index contributed by atoms with van der Waals surface area (Å²) in [4.78, 5) is 0. The van der Waals surface area contributed by atoms with Crippen LogP contribution >= 0.6 is 0 Å². The Kier molecular flexibility index (Phi) is 6.96. The smallest absolute Gasteiger partial charge is 0.403 e. The normalized spacial score (nSPS) is 26.3. The summed E-state index contributed by atoms with van der Waals surface area (Å²) < 4.78 is 84.4. The minimum absolute atomic E-state index is 0.0705. The first kappa shape index (κ1) is 24.0. The van der Waals surface area contributed by atoms with Crippen molar-refractivity contribution in [3.8, 4) is 16.9 Å². The van der Waals surface area contributed by atoms with Gasteiger partial charge in [-0.15, -0.1) is 13.2 Å². The molecule has 0 unspecified atom stereocenters. The first-order chi connectivity index (χ1) is 15.6. The van der Waals surface area contributed by atoms with E-state index in [2.05, 4.69) is 11.7 Å². The average Bonchev–Trinajstić information content (AvgIpc) is 2.75. The quantitative estimate of drug-likeness (QED) is 0.406. The van der Waals surface area contributed by atoms with Gasteiger partial charge in [0, 0.05) is 0 Å². The summed E-state index contributed by atoms with van der Waals surface area (Å²) in [7, 11) is 0. The van der Waals surface area contributed by atoms with Crippen LogP contribution in [0.2, 0.25) is 0 Å². The zero-order valence-electron chi connectivity index (χ0n) is 18.5. The van der Waals surface area contributed by atoms with E-state index in [-0.39, 0.29) is 11.5 Å². The number of hydrogen-bond donors (Lipinski definition) is 0. The van der Waals surface area contributed by atoms with Gasteiger partial charge in [0.25, 0.3) is 0 Å². The van der Waals surface area contributed by atoms with Gasteiger partial charge in [-0.1, -0.05) is 25.8 Å². The average molecular weight is 470 g/mol. The fourth-order valence-corrected chi connectivity index (χ4v) is 5.65. The fourth-order valence-electron chi connectivity index (χ4n) is 5.65. The highest BCUT2D eigenvalue weighted by Crippen LogP contribution is 2.44. The minimum atomic E-state index is -5.06. The Hall–Kier alpha value is -2.18. The summed E-state index contributed by atoms with van der Waals surface area (Å²) >= 11 is 0. The van der Waals surface area contributed by atoms with Crippen LogP contribution in [0.1, 0.15) is 69.8 Å². The van der Waals surface area contributed by atoms with Crippen LogP contribution in [-0.2, 0) is 0 Å². The second-order valence-electron chi connectivity index (χ2n) is 9.68. The standard InChI is InChI=1S/C26H28F6O/c1-15-2-4-16(5-3-15)17-6-8-18(9-7-17)20-13-22(28)25(23(29)14-20)19-10-11-24(21(27)12-19)33-26(30,31)32/h10-18H,2-9H2,1H3. The highest BCUT2D eigenvalue weighted by Gasteiger charge is 2.33. The van der Waals surface area contributed by atoms with Crippen molar-refractivity contribution in [1.29, 1.82) is 0 Å². The van der Waals surface area contributed by atoms with E-state index < -0.39 is 35.1 Å². The number of ether oxygens (including phenoxy) is 1. The van der Waals surface area contributed by atoms with Gasteiger partial charge in [0.2, 0.25) is 0 Å². The summed E-state index contributed by atoms with van der Waals surface area (Å²) in [5.41, 5.74) is -0.0537. The molecule has 0 atom stereocenters. The summed E-state index contributed by atoms with van der Waals surface area (Å²) in [5.74, 6) is -1.77. The topological polar surface area (TPSA) is 9.23 Å². The number of hydrogen-bond acceptors (Lipinski definition) is 1. The predicted molar refractivity (Wildman–Crippen MR) is 114 cm³/mol. The molecule has 2 fully saturated rings. The molecule has 0 aliphatic heterocycles. The van der Waals surface area contributed by atoms with Gasteiger partial charge in [-0.2, -0.15) is 0 Å². The third-order valence-electron chi connectivity index (χ3n) is 7.48. The Morgan fingerprint density at radius 2 is 1.27 bits per heavy atom. The lowest BCUT2D eigenvalue weighted by atomic mass is 9.68. The molecule has 33 heavy (non-hydrogen) atoms. The molecule has 0 amide bonds. The van der Waals surface area contributed by atoms with Crippen LogP contribution in [0.15, 0.2) is 30.3 Å². The Morgan fingerprint density at radius 3 is 1.79 bits per heavy atom. The Morgan fingerprint density at radius 1 is 0.727 bits per heavy atom. The molecule has 0 heterocycles. The van der Waals surface area contributed by atoms with Crippen molar-refractivity contribution in [2.24, 2.45) is 17.8 Å². The van der Waals surface area contributed by atoms with Crippen LogP contribution in [0.4, 0.5) is 26.3 Å². The van der Waals surface area contributed by atoms with Gasteiger partial charge in [0.1, 0.15) is 11.6 Å². The Balaban J connectivity index is 1.46. The molecular formula is C26H28F6O. The number of rotatable bonds is 4. The summed E-state index contributed by atoms with van der Waals surface area (Å²) in [5, 5.41) is 0. The SMILES string of the molecule is CC1CCC(C2CCC(c3cc(F)c(-c4ccc(OC(F)(F)F)c(F)c4)c(F)c3)CC2)CC1. The zero-order valence-corrected chi connectivity index (χ0v) is 18.5. The van der Waals surface area contributed by atoms with Crippen molar-refractivity contribution in [2.45, 2.75) is 70.6 Å². The van der Waals surface area contributed by atoms with E-state index in [9.17, 15) is 26.3 Å². The number of halogens is 6. The molecule has 0 aromatic heterocycles. The molecule has 0 bridgehead atoms. The molecule has 7 heteroatoms. The highest BCUT2D eigenvalue weighted by molar-refractivity contribution is 5.66. The molecule has 2 aromatic rings. The minimum Gasteiger partial charge on any atom is -0.403 e. The molecule has 4 rings (SSSR count). The van der Waals surface area contributed by atoms with Crippen molar-refractivity contribution in [3.05, 3.63) is 53.3 Å². The van der Waals surface area contributed by atoms with E-state index in [4.69, 9.17) is 0 Å². The predicted octanol–water partition coefficient (Wildman–Crippen LogP) is 8.77. The summed E-state index contributed by atoms with van der Waals surface area (Å²) in [6.07, 6.45) is 3.94. The lowest BCUT2D eigenvalue weighted by Gasteiger charge is -2.37. The molecule has 2 aromatic carbocycles. The van der Waals surface area contributed by atoms with E-state index >= 15 is 0 Å². The molecule has 180 valence electrons. The maximum Gasteiger partial charge on any atom is 0.573 e. The molecule has 0 spiro atoms. The molecule has 2 aliphatic carbocycles. The van der Waals surface area contributed by atoms with E-state index in [0.717, 1.165) is 49.7 Å². The van der Waals surface area contributed by atoms with E-state index in [0.29, 0.717) is 17.5 Å². The maximum absolute atomic E-state index is 14.9. The second kappa shape index (κ2) is 9.59. The van der Waals surface area contributed by atoms with E-state index in [1.807, 2.05) is 0 Å². The van der Waals surface area contributed by atoms with Gasteiger partial charge in [0.05, 0.1) is 5.56 Å². The van der Waals surface area contributed by atoms with Crippen molar-refractivity contribution in [2.75, 3.05) is 0 Å². The van der Waals surface area contributed by atoms with Gasteiger partial charge < -0.3 is 4.74 Å². The van der Waals surface area contributed by atoms with Gasteiger partial charge >= 0.3 is 6.36 Å². The fraction of sp³-hybridized carbons (Fsp3) is 0.538. The van der Waals surface area contributed by atoms with Crippen molar-refractivity contribution in [3.63, 3.8) is 0 Å². The molecule has 1 nitrogen and oxygen atoms in total. The largest absolute Gasteiger partial charge is 0.573 e. The lowest BCUT2D eigenvalue weighted by Crippen LogP contribution is -2.24. The van der Waals surface area contributed by atoms with Crippen LogP contribution in [-0.4, -0.2) is 6.36 Å². The van der Waals surface area contributed by atoms with Crippen molar-refractivity contribution >= 4 is 0 Å². The van der Waals surface area contributed by atoms with Crippen LogP contribution < -0.4 is 4.74 Å². The first-order valence-electron chi connectivity index (χ1n) is 11.7.